The predicted octanol–water partition coefficient (Wildman–Crippen LogP) is 4.15. The van der Waals surface area contributed by atoms with Gasteiger partial charge in [-0.3, -0.25) is 9.59 Å². The van der Waals surface area contributed by atoms with E-state index in [0.29, 0.717) is 12.0 Å². The Kier molecular flexibility index (Phi) is 3.66. The molecule has 2 aromatic rings. The summed E-state index contributed by atoms with van der Waals surface area (Å²) in [7, 11) is 0. The quantitative estimate of drug-likeness (QED) is 0.478. The van der Waals surface area contributed by atoms with Crippen LogP contribution in [0.4, 0.5) is 0 Å². The van der Waals surface area contributed by atoms with Crippen LogP contribution in [-0.2, 0) is 9.53 Å². The topological polar surface area (TPSA) is 43.4 Å². The molecule has 0 saturated heterocycles. The lowest BCUT2D eigenvalue weighted by Crippen LogP contribution is -2.24. The van der Waals surface area contributed by atoms with E-state index in [0.717, 1.165) is 10.8 Å². The minimum absolute atomic E-state index is 0.252. The van der Waals surface area contributed by atoms with Gasteiger partial charge < -0.3 is 4.74 Å². The van der Waals surface area contributed by atoms with E-state index in [1.807, 2.05) is 30.3 Å². The van der Waals surface area contributed by atoms with Gasteiger partial charge in [0.2, 0.25) is 0 Å². The standard InChI is InChI=1S/C17H14Cl2O3/c1-16(10-17(16,18)19)15(21)22-9-14(20)13-7-6-11-4-2-3-5-12(11)8-13/h2-8H,9-10H2,1H3/t16-/m1/s1. The fourth-order valence-electron chi connectivity index (χ4n) is 2.36. The van der Waals surface area contributed by atoms with Gasteiger partial charge in [0.05, 0.1) is 0 Å². The third-order valence-corrected chi connectivity index (χ3v) is 5.22. The summed E-state index contributed by atoms with van der Waals surface area (Å²) < 4.78 is 3.99. The summed E-state index contributed by atoms with van der Waals surface area (Å²) in [6, 6.07) is 13.1. The molecule has 1 aliphatic carbocycles. The molecule has 0 heterocycles. The second-order valence-corrected chi connectivity index (χ2v) is 7.26. The third kappa shape index (κ3) is 2.59. The molecule has 0 radical (unpaired) electrons. The molecular formula is C17H14Cl2O3. The molecule has 3 rings (SSSR count). The molecule has 0 aliphatic heterocycles. The third-order valence-electron chi connectivity index (χ3n) is 4.11. The van der Waals surface area contributed by atoms with Crippen molar-refractivity contribution < 1.29 is 14.3 Å². The maximum Gasteiger partial charge on any atom is 0.315 e. The number of fused-ring (bicyclic) bond motifs is 1. The lowest BCUT2D eigenvalue weighted by atomic mass is 10.0. The number of carbonyl (C=O) groups is 2. The Balaban J connectivity index is 1.68. The molecule has 0 N–H and O–H groups in total. The maximum atomic E-state index is 12.2. The summed E-state index contributed by atoms with van der Waals surface area (Å²) in [5.41, 5.74) is -0.407. The zero-order valence-corrected chi connectivity index (χ0v) is 13.4. The van der Waals surface area contributed by atoms with Crippen LogP contribution in [0.5, 0.6) is 0 Å². The molecule has 114 valence electrons. The first-order valence-corrected chi connectivity index (χ1v) is 7.66. The van der Waals surface area contributed by atoms with E-state index in [9.17, 15) is 9.59 Å². The Bertz CT molecular complexity index is 769. The molecule has 2 aromatic carbocycles. The molecule has 1 fully saturated rings. The normalized spacial score (nSPS) is 22.3. The van der Waals surface area contributed by atoms with Crippen LogP contribution >= 0.6 is 23.2 Å². The molecule has 1 atom stereocenters. The van der Waals surface area contributed by atoms with E-state index in [-0.39, 0.29) is 12.4 Å². The molecule has 1 saturated carbocycles. The molecule has 0 amide bonds. The van der Waals surface area contributed by atoms with Crippen molar-refractivity contribution in [3.05, 3.63) is 48.0 Å². The van der Waals surface area contributed by atoms with Crippen molar-refractivity contribution in [2.24, 2.45) is 5.41 Å². The van der Waals surface area contributed by atoms with Gasteiger partial charge in [-0.05, 0) is 23.8 Å². The van der Waals surface area contributed by atoms with Crippen molar-refractivity contribution in [2.75, 3.05) is 6.61 Å². The summed E-state index contributed by atoms with van der Waals surface area (Å²) in [5.74, 6) is -0.787. The zero-order valence-electron chi connectivity index (χ0n) is 11.9. The first kappa shape index (κ1) is 15.3. The number of carbonyl (C=O) groups excluding carboxylic acids is 2. The van der Waals surface area contributed by atoms with E-state index in [1.165, 1.54) is 0 Å². The first-order valence-electron chi connectivity index (χ1n) is 6.91. The van der Waals surface area contributed by atoms with E-state index >= 15 is 0 Å². The van der Waals surface area contributed by atoms with Crippen molar-refractivity contribution >= 4 is 45.7 Å². The van der Waals surface area contributed by atoms with Gasteiger partial charge in [0, 0.05) is 12.0 Å². The molecule has 3 nitrogen and oxygen atoms in total. The highest BCUT2D eigenvalue weighted by Gasteiger charge is 2.69. The van der Waals surface area contributed by atoms with Gasteiger partial charge >= 0.3 is 5.97 Å². The van der Waals surface area contributed by atoms with E-state index in [4.69, 9.17) is 27.9 Å². The van der Waals surface area contributed by atoms with Gasteiger partial charge in [-0.15, -0.1) is 23.2 Å². The highest BCUT2D eigenvalue weighted by molar-refractivity contribution is 6.53. The van der Waals surface area contributed by atoms with Gasteiger partial charge in [-0.1, -0.05) is 36.4 Å². The highest BCUT2D eigenvalue weighted by atomic mass is 35.5. The zero-order chi connectivity index (χ0) is 16.0. The Morgan fingerprint density at radius 1 is 1.14 bits per heavy atom. The van der Waals surface area contributed by atoms with E-state index in [2.05, 4.69) is 0 Å². The SMILES string of the molecule is C[C@]1(C(=O)OCC(=O)c2ccc3ccccc3c2)CC1(Cl)Cl. The van der Waals surface area contributed by atoms with Crippen LogP contribution in [-0.4, -0.2) is 22.7 Å². The van der Waals surface area contributed by atoms with Crippen molar-refractivity contribution in [1.82, 2.24) is 0 Å². The van der Waals surface area contributed by atoms with Gasteiger partial charge in [0.25, 0.3) is 0 Å². The van der Waals surface area contributed by atoms with Crippen LogP contribution in [0.15, 0.2) is 42.5 Å². The van der Waals surface area contributed by atoms with Crippen LogP contribution in [0, 0.1) is 5.41 Å². The number of ether oxygens (including phenoxy) is 1. The summed E-state index contributed by atoms with van der Waals surface area (Å²) in [6.07, 6.45) is 0.339. The lowest BCUT2D eigenvalue weighted by Gasteiger charge is -2.11. The molecule has 0 bridgehead atoms. The van der Waals surface area contributed by atoms with Crippen molar-refractivity contribution in [1.29, 1.82) is 0 Å². The number of benzene rings is 2. The number of halogens is 2. The number of Topliss-reactive ketones (excluding diaryl/α,β-unsaturated/α-hetero) is 1. The van der Waals surface area contributed by atoms with E-state index in [1.54, 1.807) is 19.1 Å². The van der Waals surface area contributed by atoms with Crippen LogP contribution < -0.4 is 0 Å². The summed E-state index contributed by atoms with van der Waals surface area (Å²) in [6.45, 7) is 1.33. The summed E-state index contributed by atoms with van der Waals surface area (Å²) >= 11 is 11.8. The predicted molar refractivity (Wildman–Crippen MR) is 86.4 cm³/mol. The second kappa shape index (κ2) is 5.25. The van der Waals surface area contributed by atoms with Crippen molar-refractivity contribution in [2.45, 2.75) is 17.7 Å². The Morgan fingerprint density at radius 2 is 1.77 bits per heavy atom. The summed E-state index contributed by atoms with van der Waals surface area (Å²) in [4.78, 5) is 24.1. The number of rotatable bonds is 4. The average Bonchev–Trinajstić information content (AvgIpc) is 3.03. The molecule has 0 spiro atoms. The molecule has 5 heteroatoms. The lowest BCUT2D eigenvalue weighted by molar-refractivity contribution is -0.148. The summed E-state index contributed by atoms with van der Waals surface area (Å²) in [5, 5.41) is 2.02. The molecule has 1 aliphatic rings. The molecule has 0 aromatic heterocycles. The fourth-order valence-corrected chi connectivity index (χ4v) is 3.05. The Hall–Kier alpha value is -1.58. The minimum Gasteiger partial charge on any atom is -0.457 e. The monoisotopic (exact) mass is 336 g/mol. The van der Waals surface area contributed by atoms with Gasteiger partial charge in [-0.25, -0.2) is 0 Å². The van der Waals surface area contributed by atoms with Crippen LogP contribution in [0.2, 0.25) is 0 Å². The van der Waals surface area contributed by atoms with Crippen LogP contribution in [0.1, 0.15) is 23.7 Å². The molecule has 22 heavy (non-hydrogen) atoms. The smallest absolute Gasteiger partial charge is 0.315 e. The largest absolute Gasteiger partial charge is 0.457 e. The van der Waals surface area contributed by atoms with Gasteiger partial charge in [0.15, 0.2) is 12.4 Å². The Labute approximate surface area is 138 Å². The molecular weight excluding hydrogens is 323 g/mol. The van der Waals surface area contributed by atoms with Crippen molar-refractivity contribution in [3.8, 4) is 0 Å². The second-order valence-electron chi connectivity index (χ2n) is 5.77. The minimum atomic E-state index is -1.09. The van der Waals surface area contributed by atoms with Crippen molar-refractivity contribution in [3.63, 3.8) is 0 Å². The number of hydrogen-bond donors (Lipinski definition) is 0. The number of esters is 1. The maximum absolute atomic E-state index is 12.2. The van der Waals surface area contributed by atoms with Crippen LogP contribution in [0.3, 0.4) is 0 Å². The first-order chi connectivity index (χ1) is 10.3. The number of alkyl halides is 2. The number of ketones is 1. The average molecular weight is 337 g/mol. The number of hydrogen-bond acceptors (Lipinski definition) is 3. The van der Waals surface area contributed by atoms with E-state index < -0.39 is 15.7 Å². The van der Waals surface area contributed by atoms with Gasteiger partial charge in [-0.2, -0.15) is 0 Å². The highest BCUT2D eigenvalue weighted by Crippen LogP contribution is 2.64. The van der Waals surface area contributed by atoms with Crippen LogP contribution in [0.25, 0.3) is 10.8 Å². The van der Waals surface area contributed by atoms with Gasteiger partial charge in [0.1, 0.15) is 9.75 Å². The molecule has 0 unspecified atom stereocenters. The Morgan fingerprint density at radius 3 is 2.41 bits per heavy atom. The fraction of sp³-hybridized carbons (Fsp3) is 0.294.